The number of imidazole rings is 1. The Morgan fingerprint density at radius 1 is 0.788 bits per heavy atom. The minimum atomic E-state index is -0.0139. The fourth-order valence-corrected chi connectivity index (χ4v) is 5.12. The third-order valence-electron chi connectivity index (χ3n) is 6.94. The van der Waals surface area contributed by atoms with Crippen molar-refractivity contribution in [3.8, 4) is 0 Å². The van der Waals surface area contributed by atoms with E-state index < -0.39 is 0 Å². The topological polar surface area (TPSA) is 8.81 Å². The third kappa shape index (κ3) is 5.82. The van der Waals surface area contributed by atoms with Crippen LogP contribution in [0.2, 0.25) is 0 Å². The molecule has 1 heterocycles. The SMILES string of the molecule is CCCCCC(n1cc[n+](Cc2ccccc2)c1)C(C)(Cc1ccccc1)c1ccccc1. The van der Waals surface area contributed by atoms with E-state index in [4.69, 9.17) is 0 Å². The summed E-state index contributed by atoms with van der Waals surface area (Å²) in [6.45, 7) is 5.66. The number of rotatable bonds is 11. The van der Waals surface area contributed by atoms with Crippen molar-refractivity contribution in [1.82, 2.24) is 4.57 Å². The second-order valence-corrected chi connectivity index (χ2v) is 9.48. The average molecular weight is 438 g/mol. The molecule has 0 N–H and O–H groups in total. The molecule has 2 unspecified atom stereocenters. The molecule has 0 saturated heterocycles. The zero-order chi connectivity index (χ0) is 22.9. The van der Waals surface area contributed by atoms with Gasteiger partial charge in [0.15, 0.2) is 0 Å². The Labute approximate surface area is 199 Å². The molecule has 0 aliphatic heterocycles. The summed E-state index contributed by atoms with van der Waals surface area (Å²) in [4.78, 5) is 0. The van der Waals surface area contributed by atoms with E-state index in [2.05, 4.69) is 133 Å². The van der Waals surface area contributed by atoms with Crippen LogP contribution in [0.5, 0.6) is 0 Å². The Balaban J connectivity index is 1.70. The predicted octanol–water partition coefficient (Wildman–Crippen LogP) is 7.15. The molecular weight excluding hydrogens is 400 g/mol. The predicted molar refractivity (Wildman–Crippen MR) is 137 cm³/mol. The quantitative estimate of drug-likeness (QED) is 0.174. The number of benzene rings is 3. The van der Waals surface area contributed by atoms with Gasteiger partial charge in [0.1, 0.15) is 25.0 Å². The van der Waals surface area contributed by atoms with E-state index >= 15 is 0 Å². The fraction of sp³-hybridized carbons (Fsp3) is 0.323. The first kappa shape index (κ1) is 23.0. The third-order valence-corrected chi connectivity index (χ3v) is 6.94. The number of unbranched alkanes of at least 4 members (excludes halogenated alkanes) is 2. The molecule has 170 valence electrons. The lowest BCUT2D eigenvalue weighted by Gasteiger charge is -2.37. The van der Waals surface area contributed by atoms with Gasteiger partial charge in [0.25, 0.3) is 0 Å². The largest absolute Gasteiger partial charge is 0.244 e. The van der Waals surface area contributed by atoms with Gasteiger partial charge < -0.3 is 0 Å². The van der Waals surface area contributed by atoms with Gasteiger partial charge in [0, 0.05) is 5.41 Å². The van der Waals surface area contributed by atoms with Crippen molar-refractivity contribution in [2.24, 2.45) is 0 Å². The monoisotopic (exact) mass is 437 g/mol. The zero-order valence-electron chi connectivity index (χ0n) is 20.1. The van der Waals surface area contributed by atoms with Crippen LogP contribution < -0.4 is 4.57 Å². The molecule has 2 atom stereocenters. The lowest BCUT2D eigenvalue weighted by molar-refractivity contribution is -0.688. The van der Waals surface area contributed by atoms with Crippen LogP contribution in [-0.4, -0.2) is 4.57 Å². The summed E-state index contributed by atoms with van der Waals surface area (Å²) < 4.78 is 4.80. The highest BCUT2D eigenvalue weighted by atomic mass is 15.1. The maximum absolute atomic E-state index is 2.48. The van der Waals surface area contributed by atoms with E-state index in [9.17, 15) is 0 Å². The fourth-order valence-electron chi connectivity index (χ4n) is 5.12. The van der Waals surface area contributed by atoms with Crippen molar-refractivity contribution in [3.05, 3.63) is 126 Å². The molecule has 2 nitrogen and oxygen atoms in total. The molecule has 0 radical (unpaired) electrons. The van der Waals surface area contributed by atoms with Crippen molar-refractivity contribution in [3.63, 3.8) is 0 Å². The maximum atomic E-state index is 2.48. The highest BCUT2D eigenvalue weighted by molar-refractivity contribution is 5.31. The Bertz CT molecular complexity index is 1090. The molecule has 0 aliphatic rings. The molecular formula is C31H37N2+. The Hall–Kier alpha value is -3.13. The standard InChI is InChI=1S/C31H37N2/c1-3-4-8-21-30(33-23-22-32(26-33)25-28-17-11-6-12-18-28)31(2,29-19-13-7-14-20-29)24-27-15-9-5-10-16-27/h5-7,9-20,22-23,26,30H,3-4,8,21,24-25H2,1-2H3/q+1. The van der Waals surface area contributed by atoms with Gasteiger partial charge in [-0.15, -0.1) is 0 Å². The lowest BCUT2D eigenvalue weighted by atomic mass is 9.70. The smallest absolute Gasteiger partial charge is 0.233 e. The first-order valence-electron chi connectivity index (χ1n) is 12.4. The van der Waals surface area contributed by atoms with Gasteiger partial charge in [-0.05, 0) is 36.0 Å². The van der Waals surface area contributed by atoms with Crippen LogP contribution in [-0.2, 0) is 18.4 Å². The van der Waals surface area contributed by atoms with Crippen LogP contribution in [0.25, 0.3) is 0 Å². The summed E-state index contributed by atoms with van der Waals surface area (Å²) in [5.74, 6) is 0. The molecule has 33 heavy (non-hydrogen) atoms. The summed E-state index contributed by atoms with van der Waals surface area (Å²) in [7, 11) is 0. The lowest BCUT2D eigenvalue weighted by Crippen LogP contribution is -2.38. The van der Waals surface area contributed by atoms with Crippen LogP contribution in [0.4, 0.5) is 0 Å². The molecule has 0 spiro atoms. The zero-order valence-corrected chi connectivity index (χ0v) is 20.1. The molecule has 3 aromatic carbocycles. The normalized spacial score (nSPS) is 14.0. The molecule has 2 heteroatoms. The van der Waals surface area contributed by atoms with Gasteiger partial charge in [-0.3, -0.25) is 0 Å². The second-order valence-electron chi connectivity index (χ2n) is 9.48. The Morgan fingerprint density at radius 2 is 1.39 bits per heavy atom. The van der Waals surface area contributed by atoms with E-state index in [1.165, 1.54) is 42.4 Å². The molecule has 4 aromatic rings. The summed E-state index contributed by atoms with van der Waals surface area (Å²) in [5.41, 5.74) is 4.13. The van der Waals surface area contributed by atoms with E-state index in [-0.39, 0.29) is 5.41 Å². The van der Waals surface area contributed by atoms with E-state index in [1.807, 2.05) is 0 Å². The van der Waals surface area contributed by atoms with Crippen molar-refractivity contribution < 1.29 is 4.57 Å². The minimum absolute atomic E-state index is 0.0139. The van der Waals surface area contributed by atoms with Crippen molar-refractivity contribution in [1.29, 1.82) is 0 Å². The Morgan fingerprint density at radius 3 is 2.03 bits per heavy atom. The number of nitrogens with zero attached hydrogens (tertiary/aromatic N) is 2. The van der Waals surface area contributed by atoms with Crippen LogP contribution in [0.15, 0.2) is 110 Å². The molecule has 0 aliphatic carbocycles. The highest BCUT2D eigenvalue weighted by Crippen LogP contribution is 2.41. The van der Waals surface area contributed by atoms with E-state index in [0.717, 1.165) is 13.0 Å². The van der Waals surface area contributed by atoms with E-state index in [0.29, 0.717) is 6.04 Å². The van der Waals surface area contributed by atoms with Gasteiger partial charge >= 0.3 is 0 Å². The molecule has 4 rings (SSSR count). The molecule has 0 bridgehead atoms. The van der Waals surface area contributed by atoms with Gasteiger partial charge in [-0.2, -0.15) is 0 Å². The first-order valence-corrected chi connectivity index (χ1v) is 12.4. The van der Waals surface area contributed by atoms with Crippen LogP contribution in [0, 0.1) is 0 Å². The molecule has 1 aromatic heterocycles. The Kier molecular flexibility index (Phi) is 7.78. The summed E-state index contributed by atoms with van der Waals surface area (Å²) >= 11 is 0. The summed E-state index contributed by atoms with van der Waals surface area (Å²) in [6, 6.07) is 33.2. The van der Waals surface area contributed by atoms with Crippen molar-refractivity contribution in [2.45, 2.75) is 64.0 Å². The highest BCUT2D eigenvalue weighted by Gasteiger charge is 2.40. The van der Waals surface area contributed by atoms with Crippen molar-refractivity contribution >= 4 is 0 Å². The first-order chi connectivity index (χ1) is 16.2. The minimum Gasteiger partial charge on any atom is -0.233 e. The van der Waals surface area contributed by atoms with Crippen LogP contribution in [0.1, 0.15) is 62.3 Å². The number of hydrogen-bond acceptors (Lipinski definition) is 0. The van der Waals surface area contributed by atoms with Crippen LogP contribution >= 0.6 is 0 Å². The van der Waals surface area contributed by atoms with Crippen molar-refractivity contribution in [2.75, 3.05) is 0 Å². The summed E-state index contributed by atoms with van der Waals surface area (Å²) in [5, 5.41) is 0. The summed E-state index contributed by atoms with van der Waals surface area (Å²) in [6.07, 6.45) is 12.8. The van der Waals surface area contributed by atoms with Gasteiger partial charge in [0.05, 0.1) is 0 Å². The maximum Gasteiger partial charge on any atom is 0.244 e. The second kappa shape index (κ2) is 11.1. The van der Waals surface area contributed by atoms with Gasteiger partial charge in [-0.25, -0.2) is 9.13 Å². The van der Waals surface area contributed by atoms with E-state index in [1.54, 1.807) is 0 Å². The molecule has 0 fully saturated rings. The molecule has 0 saturated carbocycles. The van der Waals surface area contributed by atoms with Crippen LogP contribution in [0.3, 0.4) is 0 Å². The molecule has 0 amide bonds. The van der Waals surface area contributed by atoms with Gasteiger partial charge in [0.2, 0.25) is 6.33 Å². The van der Waals surface area contributed by atoms with Gasteiger partial charge in [-0.1, -0.05) is 118 Å². The number of hydrogen-bond donors (Lipinski definition) is 0. The number of aromatic nitrogens is 2. The average Bonchev–Trinajstić information content (AvgIpc) is 3.31.